The number of allylic oxidation sites excluding steroid dienone is 1. The van der Waals surface area contributed by atoms with Crippen molar-refractivity contribution in [2.24, 2.45) is 10.8 Å². The Bertz CT molecular complexity index is 398. The molecule has 16 heavy (non-hydrogen) atoms. The van der Waals surface area contributed by atoms with Gasteiger partial charge in [-0.05, 0) is 36.0 Å². The molecule has 1 rings (SSSR count). The molecule has 84 valence electrons. The third kappa shape index (κ3) is 4.56. The van der Waals surface area contributed by atoms with Gasteiger partial charge in [-0.2, -0.15) is 5.10 Å². The number of hydrogen-bond donors (Lipinski definition) is 2. The van der Waals surface area contributed by atoms with E-state index in [-0.39, 0.29) is 5.11 Å². The van der Waals surface area contributed by atoms with Crippen LogP contribution in [0.5, 0.6) is 5.75 Å². The van der Waals surface area contributed by atoms with Gasteiger partial charge in [0.05, 0.1) is 7.11 Å². The Kier molecular flexibility index (Phi) is 5.01. The number of rotatable bonds is 4. The Labute approximate surface area is 99.8 Å². The van der Waals surface area contributed by atoms with Crippen molar-refractivity contribution in [3.05, 3.63) is 35.9 Å². The van der Waals surface area contributed by atoms with Crippen molar-refractivity contribution in [2.45, 2.75) is 0 Å². The maximum Gasteiger partial charge on any atom is 0.184 e. The Balaban J connectivity index is 2.49. The minimum Gasteiger partial charge on any atom is -0.497 e. The van der Waals surface area contributed by atoms with Crippen LogP contribution in [-0.4, -0.2) is 18.4 Å². The number of hydrazone groups is 1. The molecule has 1 aromatic carbocycles. The quantitative estimate of drug-likeness (QED) is 0.472. The zero-order valence-electron chi connectivity index (χ0n) is 8.88. The van der Waals surface area contributed by atoms with Crippen LogP contribution in [0, 0.1) is 0 Å². The van der Waals surface area contributed by atoms with Gasteiger partial charge in [-0.15, -0.1) is 0 Å². The minimum absolute atomic E-state index is 0.147. The Hall–Kier alpha value is -1.88. The Morgan fingerprint density at radius 2 is 2.12 bits per heavy atom. The van der Waals surface area contributed by atoms with E-state index >= 15 is 0 Å². The molecule has 4 nitrogen and oxygen atoms in total. The van der Waals surface area contributed by atoms with Gasteiger partial charge in [-0.25, -0.2) is 0 Å². The van der Waals surface area contributed by atoms with Crippen LogP contribution >= 0.6 is 12.2 Å². The standard InChI is InChI=1S/C11H13N3OS/c1-15-10-6-4-9(5-7-10)3-2-8-13-14-11(12)16/h2-8H,1H3,(H3,12,14,16)/b3-2+,13-8?. The summed E-state index contributed by atoms with van der Waals surface area (Å²) in [5, 5.41) is 3.91. The number of thiocarbonyl (C=S) groups is 1. The SMILES string of the molecule is COc1ccc(/C=C/C=NNC(N)=S)cc1. The monoisotopic (exact) mass is 235 g/mol. The van der Waals surface area contributed by atoms with Crippen LogP contribution in [0.3, 0.4) is 0 Å². The molecule has 1 aromatic rings. The maximum absolute atomic E-state index is 5.19. The number of hydrogen-bond acceptors (Lipinski definition) is 3. The second kappa shape index (κ2) is 6.58. The first-order valence-corrected chi connectivity index (χ1v) is 5.02. The second-order valence-corrected chi connectivity index (χ2v) is 3.33. The summed E-state index contributed by atoms with van der Waals surface area (Å²) in [4.78, 5) is 0. The lowest BCUT2D eigenvalue weighted by molar-refractivity contribution is 0.415. The van der Waals surface area contributed by atoms with Crippen molar-refractivity contribution in [3.8, 4) is 5.75 Å². The first kappa shape index (κ1) is 12.2. The fourth-order valence-electron chi connectivity index (χ4n) is 1.01. The number of nitrogens with one attached hydrogen (secondary N) is 1. The van der Waals surface area contributed by atoms with Gasteiger partial charge in [0.2, 0.25) is 0 Å². The fraction of sp³-hybridized carbons (Fsp3) is 0.0909. The fourth-order valence-corrected chi connectivity index (χ4v) is 1.07. The number of benzene rings is 1. The predicted molar refractivity (Wildman–Crippen MR) is 70.4 cm³/mol. The highest BCUT2D eigenvalue weighted by Crippen LogP contribution is 2.11. The molecule has 0 spiro atoms. The topological polar surface area (TPSA) is 59.6 Å². The molecule has 5 heteroatoms. The summed E-state index contributed by atoms with van der Waals surface area (Å²) < 4.78 is 5.05. The van der Waals surface area contributed by atoms with Crippen LogP contribution in [0.2, 0.25) is 0 Å². The van der Waals surface area contributed by atoms with Crippen LogP contribution in [0.1, 0.15) is 5.56 Å². The summed E-state index contributed by atoms with van der Waals surface area (Å²) in [6.45, 7) is 0. The van der Waals surface area contributed by atoms with Gasteiger partial charge in [0, 0.05) is 6.21 Å². The van der Waals surface area contributed by atoms with Crippen molar-refractivity contribution >= 4 is 29.6 Å². The molecule has 0 heterocycles. The van der Waals surface area contributed by atoms with Crippen LogP contribution in [0.4, 0.5) is 0 Å². The molecule has 0 aromatic heterocycles. The highest BCUT2D eigenvalue weighted by molar-refractivity contribution is 7.80. The van der Waals surface area contributed by atoms with Crippen molar-refractivity contribution < 1.29 is 4.74 Å². The molecule has 3 N–H and O–H groups in total. The van der Waals surface area contributed by atoms with Crippen molar-refractivity contribution in [1.29, 1.82) is 0 Å². The number of nitrogens with zero attached hydrogens (tertiary/aromatic N) is 1. The zero-order valence-corrected chi connectivity index (χ0v) is 9.70. The van der Waals surface area contributed by atoms with Crippen LogP contribution < -0.4 is 15.9 Å². The first-order valence-electron chi connectivity index (χ1n) is 4.61. The lowest BCUT2D eigenvalue weighted by Crippen LogP contribution is -2.23. The van der Waals surface area contributed by atoms with Crippen molar-refractivity contribution in [2.75, 3.05) is 7.11 Å². The zero-order chi connectivity index (χ0) is 11.8. The van der Waals surface area contributed by atoms with Gasteiger partial charge in [0.25, 0.3) is 0 Å². The molecule has 0 amide bonds. The van der Waals surface area contributed by atoms with E-state index in [9.17, 15) is 0 Å². The van der Waals surface area contributed by atoms with Crippen molar-refractivity contribution in [3.63, 3.8) is 0 Å². The molecule has 0 saturated heterocycles. The number of methoxy groups -OCH3 is 1. The van der Waals surface area contributed by atoms with E-state index in [2.05, 4.69) is 22.7 Å². The smallest absolute Gasteiger partial charge is 0.184 e. The van der Waals surface area contributed by atoms with E-state index in [0.29, 0.717) is 0 Å². The largest absolute Gasteiger partial charge is 0.497 e. The molecule has 0 radical (unpaired) electrons. The van der Waals surface area contributed by atoms with E-state index in [1.807, 2.05) is 30.3 Å². The minimum atomic E-state index is 0.147. The number of ether oxygens (including phenoxy) is 1. The van der Waals surface area contributed by atoms with Gasteiger partial charge in [-0.3, -0.25) is 5.43 Å². The Morgan fingerprint density at radius 3 is 2.69 bits per heavy atom. The molecule has 0 bridgehead atoms. The molecule has 0 fully saturated rings. The van der Waals surface area contributed by atoms with Gasteiger partial charge < -0.3 is 10.5 Å². The Morgan fingerprint density at radius 1 is 1.44 bits per heavy atom. The third-order valence-corrected chi connectivity index (χ3v) is 1.83. The highest BCUT2D eigenvalue weighted by atomic mass is 32.1. The summed E-state index contributed by atoms with van der Waals surface area (Å²) in [6, 6.07) is 7.68. The van der Waals surface area contributed by atoms with E-state index in [0.717, 1.165) is 11.3 Å². The third-order valence-electron chi connectivity index (χ3n) is 1.74. The summed E-state index contributed by atoms with van der Waals surface area (Å²) in [7, 11) is 1.64. The van der Waals surface area contributed by atoms with Gasteiger partial charge in [0.1, 0.15) is 5.75 Å². The van der Waals surface area contributed by atoms with Gasteiger partial charge >= 0.3 is 0 Å². The molecule has 0 aliphatic rings. The molecule has 0 atom stereocenters. The lowest BCUT2D eigenvalue weighted by Gasteiger charge is -1.98. The summed E-state index contributed by atoms with van der Waals surface area (Å²) in [6.07, 6.45) is 5.26. The maximum atomic E-state index is 5.19. The highest BCUT2D eigenvalue weighted by Gasteiger charge is 1.88. The van der Waals surface area contributed by atoms with E-state index in [1.54, 1.807) is 19.4 Å². The second-order valence-electron chi connectivity index (χ2n) is 2.89. The summed E-state index contributed by atoms with van der Waals surface area (Å²) >= 11 is 4.58. The molecule has 0 unspecified atom stereocenters. The molecule has 0 aliphatic heterocycles. The summed E-state index contributed by atoms with van der Waals surface area (Å²) in [5.41, 5.74) is 8.70. The average molecular weight is 235 g/mol. The van der Waals surface area contributed by atoms with E-state index in [1.165, 1.54) is 0 Å². The van der Waals surface area contributed by atoms with Crippen LogP contribution in [-0.2, 0) is 0 Å². The normalized spacial score (nSPS) is 10.8. The average Bonchev–Trinajstić information content (AvgIpc) is 2.29. The van der Waals surface area contributed by atoms with Crippen LogP contribution in [0.15, 0.2) is 35.4 Å². The van der Waals surface area contributed by atoms with Gasteiger partial charge in [0.15, 0.2) is 5.11 Å². The van der Waals surface area contributed by atoms with E-state index in [4.69, 9.17) is 10.5 Å². The summed E-state index contributed by atoms with van der Waals surface area (Å²) in [5.74, 6) is 0.834. The molecule has 0 saturated carbocycles. The van der Waals surface area contributed by atoms with Crippen molar-refractivity contribution in [1.82, 2.24) is 5.43 Å². The molecular weight excluding hydrogens is 222 g/mol. The first-order chi connectivity index (χ1) is 7.72. The van der Waals surface area contributed by atoms with Crippen LogP contribution in [0.25, 0.3) is 6.08 Å². The van der Waals surface area contributed by atoms with E-state index < -0.39 is 0 Å². The molecule has 0 aliphatic carbocycles. The van der Waals surface area contributed by atoms with Gasteiger partial charge in [-0.1, -0.05) is 18.2 Å². The molecular formula is C11H13N3OS. The lowest BCUT2D eigenvalue weighted by atomic mass is 10.2. The predicted octanol–water partition coefficient (Wildman–Crippen LogP) is 1.53. The number of nitrogens with two attached hydrogens (primary N) is 1.